The fourth-order valence-corrected chi connectivity index (χ4v) is 6.80. The molecule has 0 unspecified atom stereocenters. The highest BCUT2D eigenvalue weighted by Crippen LogP contribution is 2.37. The van der Waals surface area contributed by atoms with E-state index in [0.717, 1.165) is 38.5 Å². The second-order valence-corrected chi connectivity index (χ2v) is 15.5. The summed E-state index contributed by atoms with van der Waals surface area (Å²) in [5.74, 6) is 0.621. The minimum Gasteiger partial charge on any atom is -0.398 e. The van der Waals surface area contributed by atoms with Gasteiger partial charge in [-0.3, -0.25) is 24.3 Å². The lowest BCUT2D eigenvalue weighted by Gasteiger charge is -2.32. The number of rotatable bonds is 4. The number of nitrogens with two attached hydrogens (primary N) is 2. The molecule has 0 spiro atoms. The number of benzene rings is 2. The van der Waals surface area contributed by atoms with Gasteiger partial charge in [0.1, 0.15) is 28.7 Å². The number of fused-ring (bicyclic) bond motifs is 2. The molecule has 0 bridgehead atoms. The average Bonchev–Trinajstić information content (AvgIpc) is 3.88. The van der Waals surface area contributed by atoms with Crippen molar-refractivity contribution < 1.29 is 9.31 Å². The molecule has 1 aliphatic heterocycles. The topological polar surface area (TPSA) is 183 Å². The van der Waals surface area contributed by atoms with Crippen LogP contribution in [0.2, 0.25) is 15.2 Å². The largest absolute Gasteiger partial charge is 0.516 e. The zero-order valence-electron chi connectivity index (χ0n) is 32.4. The van der Waals surface area contributed by atoms with Crippen LogP contribution in [0.3, 0.4) is 0 Å². The number of aryl methyl sites for hydroxylation is 2. The van der Waals surface area contributed by atoms with Crippen molar-refractivity contribution in [3.05, 3.63) is 113 Å². The van der Waals surface area contributed by atoms with Crippen LogP contribution in [-0.2, 0) is 23.4 Å². The second kappa shape index (κ2) is 16.3. The minimum absolute atomic E-state index is 0.249. The first kappa shape index (κ1) is 40.5. The van der Waals surface area contributed by atoms with Gasteiger partial charge in [0.2, 0.25) is 0 Å². The lowest BCUT2D eigenvalue weighted by molar-refractivity contribution is 0.00578. The quantitative estimate of drug-likeness (QED) is 0.166. The third kappa shape index (κ3) is 8.59. The van der Waals surface area contributed by atoms with Crippen molar-refractivity contribution in [3.8, 4) is 33.9 Å². The van der Waals surface area contributed by atoms with Gasteiger partial charge in [-0.15, -0.1) is 0 Å². The summed E-state index contributed by atoms with van der Waals surface area (Å²) in [6, 6.07) is 18.9. The smallest absolute Gasteiger partial charge is 0.398 e. The summed E-state index contributed by atoms with van der Waals surface area (Å²) in [6.45, 7) is 8.15. The maximum atomic E-state index is 6.39. The van der Waals surface area contributed by atoms with Gasteiger partial charge in [-0.05, 0) is 76.2 Å². The van der Waals surface area contributed by atoms with Crippen LogP contribution in [0.1, 0.15) is 27.7 Å². The molecule has 2 aromatic carbocycles. The average molecular weight is 836 g/mol. The molecule has 7 heterocycles. The molecular weight excluding hydrogens is 798 g/mol. The molecular formula is C40H38BCl3N12O2. The molecule has 58 heavy (non-hydrogen) atoms. The number of pyridine rings is 2. The zero-order chi connectivity index (χ0) is 41.4. The molecule has 0 amide bonds. The molecule has 18 heteroatoms. The Balaban J connectivity index is 0.000000136. The Morgan fingerprint density at radius 3 is 1.66 bits per heavy atom. The van der Waals surface area contributed by atoms with Crippen LogP contribution in [0.5, 0.6) is 0 Å². The molecule has 0 atom stereocenters. The molecule has 0 aliphatic carbocycles. The highest BCUT2D eigenvalue weighted by atomic mass is 35.5. The van der Waals surface area contributed by atoms with E-state index in [1.807, 2.05) is 109 Å². The Hall–Kier alpha value is -5.71. The van der Waals surface area contributed by atoms with Crippen molar-refractivity contribution in [2.45, 2.75) is 38.9 Å². The van der Waals surface area contributed by atoms with Crippen LogP contribution >= 0.6 is 34.8 Å². The number of anilines is 2. The fourth-order valence-electron chi connectivity index (χ4n) is 6.00. The molecule has 4 N–H and O–H groups in total. The number of halogens is 3. The van der Waals surface area contributed by atoms with Crippen molar-refractivity contribution in [1.29, 1.82) is 0 Å². The molecule has 6 aromatic heterocycles. The Morgan fingerprint density at radius 2 is 1.14 bits per heavy atom. The normalized spacial score (nSPS) is 14.2. The lowest BCUT2D eigenvalue weighted by atomic mass is 9.85. The van der Waals surface area contributed by atoms with E-state index in [1.54, 1.807) is 27.8 Å². The van der Waals surface area contributed by atoms with E-state index in [-0.39, 0.29) is 29.3 Å². The van der Waals surface area contributed by atoms with E-state index in [9.17, 15) is 0 Å². The predicted octanol–water partition coefficient (Wildman–Crippen LogP) is 7.63. The molecule has 294 valence electrons. The number of aromatic nitrogens is 10. The molecule has 1 aliphatic rings. The Morgan fingerprint density at radius 1 is 0.621 bits per heavy atom. The van der Waals surface area contributed by atoms with E-state index < -0.39 is 0 Å². The molecule has 14 nitrogen and oxygen atoms in total. The second-order valence-electron chi connectivity index (χ2n) is 14.4. The summed E-state index contributed by atoms with van der Waals surface area (Å²) in [5.41, 5.74) is 17.3. The summed E-state index contributed by atoms with van der Waals surface area (Å²) >= 11 is 18.7. The summed E-state index contributed by atoms with van der Waals surface area (Å²) in [7, 11) is 3.38. The fraction of sp³-hybridized carbons (Fsp3) is 0.200. The summed E-state index contributed by atoms with van der Waals surface area (Å²) in [5, 5.41) is 11.9. The van der Waals surface area contributed by atoms with E-state index >= 15 is 0 Å². The summed E-state index contributed by atoms with van der Waals surface area (Å²) in [6.07, 6.45) is 10.1. The first-order valence-corrected chi connectivity index (χ1v) is 19.1. The Kier molecular flexibility index (Phi) is 11.4. The molecule has 1 saturated heterocycles. The SMILES string of the molecule is Cn1ccc(-c2nc(N)cnc2-c2cc(Cl)c3ncccc3c2)n1.Cn1ccc(B2OC(C)(C)C(C)(C)O2)n1.Nc1cnc(-c2cc(Cl)c3ncccc3c2)c(Cl)n1. The van der Waals surface area contributed by atoms with Crippen molar-refractivity contribution in [1.82, 2.24) is 49.5 Å². The minimum atomic E-state index is -0.351. The summed E-state index contributed by atoms with van der Waals surface area (Å²) < 4.78 is 15.2. The predicted molar refractivity (Wildman–Crippen MR) is 231 cm³/mol. The van der Waals surface area contributed by atoms with Crippen LogP contribution in [-0.4, -0.2) is 67.8 Å². The molecule has 0 radical (unpaired) electrons. The van der Waals surface area contributed by atoms with Gasteiger partial charge in [-0.25, -0.2) is 15.0 Å². The number of hydrogen-bond acceptors (Lipinski definition) is 12. The van der Waals surface area contributed by atoms with Crippen LogP contribution < -0.4 is 17.1 Å². The van der Waals surface area contributed by atoms with Crippen LogP contribution in [0.4, 0.5) is 11.6 Å². The monoisotopic (exact) mass is 834 g/mol. The third-order valence-corrected chi connectivity index (χ3v) is 10.4. The zero-order valence-corrected chi connectivity index (χ0v) is 34.7. The Labute approximate surface area is 349 Å². The van der Waals surface area contributed by atoms with Gasteiger partial charge in [-0.2, -0.15) is 10.2 Å². The standard InChI is InChI=1S/C17H13ClN6.C13H8Cl2N4.C10H17BN2O2/c1-24-6-4-13(23-24)17-16(21-9-14(19)22-17)11-7-10-3-2-5-20-15(10)12(18)8-11;14-9-5-8(4-7-2-1-3-17-11(7)9)12-13(15)19-10(16)6-18-12;1-9(2)10(3,4)15-11(14-9)8-6-7-13(5)12-8/h2-9H,1H3,(H2,19,22);1-6H,(H2,16,19);6-7H,1-5H3. The number of nitrogens with zero attached hydrogens (tertiary/aromatic N) is 10. The highest BCUT2D eigenvalue weighted by molar-refractivity contribution is 6.61. The third-order valence-electron chi connectivity index (χ3n) is 9.59. The van der Waals surface area contributed by atoms with Crippen molar-refractivity contribution in [2.24, 2.45) is 14.1 Å². The van der Waals surface area contributed by atoms with Crippen molar-refractivity contribution in [2.75, 3.05) is 11.5 Å². The highest BCUT2D eigenvalue weighted by Gasteiger charge is 2.52. The van der Waals surface area contributed by atoms with Crippen molar-refractivity contribution in [3.63, 3.8) is 0 Å². The van der Waals surface area contributed by atoms with E-state index in [1.165, 1.54) is 12.4 Å². The van der Waals surface area contributed by atoms with Gasteiger partial charge in [-0.1, -0.05) is 46.9 Å². The van der Waals surface area contributed by atoms with Gasteiger partial charge in [0.25, 0.3) is 0 Å². The Bertz CT molecular complexity index is 2760. The van der Waals surface area contributed by atoms with Crippen molar-refractivity contribution >= 4 is 81.0 Å². The van der Waals surface area contributed by atoms with Crippen LogP contribution in [0.25, 0.3) is 55.7 Å². The van der Waals surface area contributed by atoms with Crippen LogP contribution in [0.15, 0.2) is 97.8 Å². The van der Waals surface area contributed by atoms with Gasteiger partial charge in [0.15, 0.2) is 5.15 Å². The van der Waals surface area contributed by atoms with Crippen LogP contribution in [0, 0.1) is 0 Å². The maximum absolute atomic E-state index is 6.39. The number of nitrogen functional groups attached to an aromatic ring is 2. The first-order chi connectivity index (χ1) is 27.6. The summed E-state index contributed by atoms with van der Waals surface area (Å²) in [4.78, 5) is 25.6. The number of hydrogen-bond donors (Lipinski definition) is 2. The molecule has 9 rings (SSSR count). The lowest BCUT2D eigenvalue weighted by Crippen LogP contribution is -2.41. The molecule has 0 saturated carbocycles. The van der Waals surface area contributed by atoms with Gasteiger partial charge >= 0.3 is 7.12 Å². The molecule has 8 aromatic rings. The van der Waals surface area contributed by atoms with E-state index in [2.05, 4.69) is 40.1 Å². The molecule has 1 fully saturated rings. The van der Waals surface area contributed by atoms with E-state index in [0.29, 0.717) is 38.6 Å². The van der Waals surface area contributed by atoms with E-state index in [4.69, 9.17) is 55.6 Å². The maximum Gasteiger partial charge on any atom is 0.516 e. The van der Waals surface area contributed by atoms with Gasteiger partial charge in [0.05, 0.1) is 56.0 Å². The van der Waals surface area contributed by atoms with Gasteiger partial charge in [0, 0.05) is 60.8 Å². The first-order valence-electron chi connectivity index (χ1n) is 17.9. The van der Waals surface area contributed by atoms with Gasteiger partial charge < -0.3 is 20.8 Å².